The van der Waals surface area contributed by atoms with Crippen LogP contribution in [-0.2, 0) is 0 Å². The van der Waals surface area contributed by atoms with E-state index in [1.807, 2.05) is 11.9 Å². The van der Waals surface area contributed by atoms with E-state index in [9.17, 15) is 14.9 Å². The van der Waals surface area contributed by atoms with E-state index in [2.05, 4.69) is 4.90 Å². The van der Waals surface area contributed by atoms with Gasteiger partial charge in [-0.3, -0.25) is 14.9 Å². The number of anilines is 1. The van der Waals surface area contributed by atoms with Crippen molar-refractivity contribution in [1.29, 1.82) is 0 Å². The summed E-state index contributed by atoms with van der Waals surface area (Å²) in [7, 11) is 1.94. The van der Waals surface area contributed by atoms with Gasteiger partial charge in [-0.15, -0.1) is 0 Å². The Morgan fingerprint density at radius 2 is 2.10 bits per heavy atom. The Morgan fingerprint density at radius 3 is 2.70 bits per heavy atom. The van der Waals surface area contributed by atoms with E-state index in [1.54, 1.807) is 12.1 Å². The lowest BCUT2D eigenvalue weighted by atomic mass is 10.1. The molecule has 0 amide bonds. The lowest BCUT2D eigenvalue weighted by molar-refractivity contribution is -0.385. The van der Waals surface area contributed by atoms with Gasteiger partial charge in [-0.1, -0.05) is 0 Å². The van der Waals surface area contributed by atoms with Crippen LogP contribution in [-0.4, -0.2) is 49.3 Å². The van der Waals surface area contributed by atoms with Crippen LogP contribution in [0.1, 0.15) is 23.2 Å². The van der Waals surface area contributed by atoms with E-state index in [0.29, 0.717) is 6.29 Å². The molecule has 0 radical (unpaired) electrons. The average Bonchev–Trinajstić information content (AvgIpc) is 2.97. The highest BCUT2D eigenvalue weighted by molar-refractivity contribution is 5.83. The molecule has 0 aromatic heterocycles. The number of carbonyl (C=O) groups excluding carboxylic acids is 1. The lowest BCUT2D eigenvalue weighted by Crippen LogP contribution is -2.31. The molecule has 6 heteroatoms. The quantitative estimate of drug-likeness (QED) is 0.451. The number of nitrogens with zero attached hydrogens (tertiary/aromatic N) is 3. The van der Waals surface area contributed by atoms with Gasteiger partial charge in [-0.25, -0.2) is 0 Å². The van der Waals surface area contributed by atoms with Crippen molar-refractivity contribution in [2.24, 2.45) is 0 Å². The first-order valence-electron chi connectivity index (χ1n) is 6.79. The molecule has 1 aromatic carbocycles. The van der Waals surface area contributed by atoms with Crippen molar-refractivity contribution in [2.75, 3.05) is 38.1 Å². The zero-order chi connectivity index (χ0) is 14.5. The summed E-state index contributed by atoms with van der Waals surface area (Å²) in [5.74, 6) is 0. The minimum Gasteiger partial charge on any atom is -0.373 e. The van der Waals surface area contributed by atoms with Crippen LogP contribution in [0.4, 0.5) is 11.4 Å². The van der Waals surface area contributed by atoms with Crippen molar-refractivity contribution in [3.63, 3.8) is 0 Å². The first-order chi connectivity index (χ1) is 9.61. The summed E-state index contributed by atoms with van der Waals surface area (Å²) in [5.41, 5.74) is 0.814. The van der Waals surface area contributed by atoms with E-state index in [1.165, 1.54) is 18.9 Å². The number of likely N-dealkylation sites (N-methyl/N-ethyl adjacent to an activating group) is 1. The smallest absolute Gasteiger partial charge is 0.280 e. The molecule has 1 heterocycles. The number of benzene rings is 1. The monoisotopic (exact) mass is 277 g/mol. The standard InChI is InChI=1S/C14H19N3O3/c1-15(8-9-16-6-2-3-7-16)13-4-5-14(17(19)20)12(10-13)11-18/h4-5,10-11H,2-3,6-9H2,1H3. The molecular formula is C14H19N3O3. The number of likely N-dealkylation sites (tertiary alicyclic amines) is 1. The van der Waals surface area contributed by atoms with Gasteiger partial charge in [0.2, 0.25) is 0 Å². The third kappa shape index (κ3) is 3.33. The summed E-state index contributed by atoms with van der Waals surface area (Å²) in [6, 6.07) is 4.66. The summed E-state index contributed by atoms with van der Waals surface area (Å²) in [4.78, 5) is 25.6. The van der Waals surface area contributed by atoms with E-state index in [0.717, 1.165) is 31.9 Å². The Bertz CT molecular complexity index is 498. The number of aldehydes is 1. The Morgan fingerprint density at radius 1 is 1.40 bits per heavy atom. The fourth-order valence-corrected chi connectivity index (χ4v) is 2.47. The van der Waals surface area contributed by atoms with E-state index < -0.39 is 4.92 Å². The van der Waals surface area contributed by atoms with Crippen LogP contribution < -0.4 is 4.90 Å². The van der Waals surface area contributed by atoms with Gasteiger partial charge in [0.05, 0.1) is 10.5 Å². The topological polar surface area (TPSA) is 66.7 Å². The maximum Gasteiger partial charge on any atom is 0.280 e. The van der Waals surface area contributed by atoms with Gasteiger partial charge in [0, 0.05) is 31.9 Å². The minimum absolute atomic E-state index is 0.125. The summed E-state index contributed by atoms with van der Waals surface area (Å²) < 4.78 is 0. The van der Waals surface area contributed by atoms with Crippen LogP contribution in [0.3, 0.4) is 0 Å². The molecule has 20 heavy (non-hydrogen) atoms. The summed E-state index contributed by atoms with van der Waals surface area (Å²) in [5, 5.41) is 10.8. The summed E-state index contributed by atoms with van der Waals surface area (Å²) >= 11 is 0. The maximum absolute atomic E-state index is 10.9. The summed E-state index contributed by atoms with van der Waals surface area (Å²) in [6.45, 7) is 4.11. The maximum atomic E-state index is 10.9. The number of rotatable bonds is 6. The Labute approximate surface area is 118 Å². The third-order valence-corrected chi connectivity index (χ3v) is 3.73. The summed E-state index contributed by atoms with van der Waals surface area (Å²) in [6.07, 6.45) is 3.06. The van der Waals surface area contributed by atoms with E-state index in [4.69, 9.17) is 0 Å². The molecule has 1 aromatic rings. The van der Waals surface area contributed by atoms with Gasteiger partial charge in [0.1, 0.15) is 0 Å². The SMILES string of the molecule is CN(CCN1CCCC1)c1ccc([N+](=O)[O-])c(C=O)c1. The first-order valence-corrected chi connectivity index (χ1v) is 6.79. The van der Waals surface area contributed by atoms with Crippen molar-refractivity contribution in [2.45, 2.75) is 12.8 Å². The average molecular weight is 277 g/mol. The minimum atomic E-state index is -0.530. The lowest BCUT2D eigenvalue weighted by Gasteiger charge is -2.23. The fraction of sp³-hybridized carbons (Fsp3) is 0.500. The second-order valence-electron chi connectivity index (χ2n) is 5.09. The third-order valence-electron chi connectivity index (χ3n) is 3.73. The molecule has 1 fully saturated rings. The predicted octanol–water partition coefficient (Wildman–Crippen LogP) is 1.94. The van der Waals surface area contributed by atoms with Gasteiger partial charge in [0.25, 0.3) is 5.69 Å². The molecule has 1 aliphatic rings. The molecule has 2 rings (SSSR count). The highest BCUT2D eigenvalue weighted by Crippen LogP contribution is 2.23. The van der Waals surface area contributed by atoms with Crippen LogP contribution in [0.5, 0.6) is 0 Å². The van der Waals surface area contributed by atoms with E-state index in [-0.39, 0.29) is 11.3 Å². The zero-order valence-electron chi connectivity index (χ0n) is 11.6. The van der Waals surface area contributed by atoms with Gasteiger partial charge < -0.3 is 9.80 Å². The molecule has 0 N–H and O–H groups in total. The molecule has 0 aliphatic carbocycles. The van der Waals surface area contributed by atoms with Crippen molar-refractivity contribution in [3.8, 4) is 0 Å². The van der Waals surface area contributed by atoms with Crippen molar-refractivity contribution in [1.82, 2.24) is 4.90 Å². The number of carbonyl (C=O) groups is 1. The van der Waals surface area contributed by atoms with Crippen LogP contribution >= 0.6 is 0 Å². The molecule has 1 aliphatic heterocycles. The van der Waals surface area contributed by atoms with Crippen LogP contribution in [0, 0.1) is 10.1 Å². The van der Waals surface area contributed by atoms with Crippen LogP contribution in [0.25, 0.3) is 0 Å². The molecule has 0 bridgehead atoms. The van der Waals surface area contributed by atoms with Gasteiger partial charge in [0.15, 0.2) is 6.29 Å². The van der Waals surface area contributed by atoms with Gasteiger partial charge >= 0.3 is 0 Å². The highest BCUT2D eigenvalue weighted by atomic mass is 16.6. The molecule has 108 valence electrons. The van der Waals surface area contributed by atoms with Crippen LogP contribution in [0.15, 0.2) is 18.2 Å². The fourth-order valence-electron chi connectivity index (χ4n) is 2.47. The molecule has 0 saturated carbocycles. The van der Waals surface area contributed by atoms with Crippen molar-refractivity contribution < 1.29 is 9.72 Å². The first kappa shape index (κ1) is 14.5. The largest absolute Gasteiger partial charge is 0.373 e. The normalized spacial score (nSPS) is 15.2. The van der Waals surface area contributed by atoms with Crippen molar-refractivity contribution >= 4 is 17.7 Å². The van der Waals surface area contributed by atoms with Crippen LogP contribution in [0.2, 0.25) is 0 Å². The number of hydrogen-bond donors (Lipinski definition) is 0. The Balaban J connectivity index is 2.03. The molecule has 0 unspecified atom stereocenters. The number of hydrogen-bond acceptors (Lipinski definition) is 5. The molecule has 0 spiro atoms. The number of nitro groups is 1. The molecule has 0 atom stereocenters. The Hall–Kier alpha value is -1.95. The Kier molecular flexibility index (Phi) is 4.68. The van der Waals surface area contributed by atoms with Crippen molar-refractivity contribution in [3.05, 3.63) is 33.9 Å². The highest BCUT2D eigenvalue weighted by Gasteiger charge is 2.16. The zero-order valence-corrected chi connectivity index (χ0v) is 11.6. The van der Waals surface area contributed by atoms with E-state index >= 15 is 0 Å². The second-order valence-corrected chi connectivity index (χ2v) is 5.09. The van der Waals surface area contributed by atoms with Gasteiger partial charge in [-0.05, 0) is 38.1 Å². The molecule has 1 saturated heterocycles. The molecule has 6 nitrogen and oxygen atoms in total. The van der Waals surface area contributed by atoms with Gasteiger partial charge in [-0.2, -0.15) is 0 Å². The second kappa shape index (κ2) is 6.47. The predicted molar refractivity (Wildman–Crippen MR) is 77.4 cm³/mol. The number of nitro benzene ring substituents is 1. The molecular weight excluding hydrogens is 258 g/mol.